The average Bonchev–Trinajstić information content (AvgIpc) is 2.89. The molecule has 0 aliphatic heterocycles. The molecule has 0 saturated carbocycles. The molecule has 0 bridgehead atoms. The molecule has 0 aliphatic rings. The van der Waals surface area contributed by atoms with Crippen LogP contribution in [-0.4, -0.2) is 20.5 Å². The molecule has 1 aromatic carbocycles. The number of halogens is 1. The second kappa shape index (κ2) is 5.69. The number of carbonyl (C=O) groups excluding carboxylic acids is 1. The Hall–Kier alpha value is -2.53. The van der Waals surface area contributed by atoms with Crippen molar-refractivity contribution < 1.29 is 14.6 Å². The highest BCUT2D eigenvalue weighted by molar-refractivity contribution is 6.30. The Balaban J connectivity index is 1.75. The van der Waals surface area contributed by atoms with Crippen molar-refractivity contribution in [3.8, 4) is 5.75 Å². The number of aromatic hydroxyl groups is 1. The van der Waals surface area contributed by atoms with Crippen molar-refractivity contribution in [1.29, 1.82) is 0 Å². The average molecular weight is 317 g/mol. The minimum absolute atomic E-state index is 0.0194. The molecule has 0 saturated heterocycles. The summed E-state index contributed by atoms with van der Waals surface area (Å²) >= 11 is 5.91. The van der Waals surface area contributed by atoms with Gasteiger partial charge in [-0.15, -0.1) is 0 Å². The molecule has 1 N–H and O–H groups in total. The van der Waals surface area contributed by atoms with Crippen LogP contribution < -0.4 is 0 Å². The van der Waals surface area contributed by atoms with Crippen LogP contribution in [0.5, 0.6) is 5.75 Å². The van der Waals surface area contributed by atoms with Gasteiger partial charge in [-0.2, -0.15) is 0 Å². The number of nitrogens with zero attached hydrogens (tertiary/aromatic N) is 2. The highest BCUT2D eigenvalue weighted by Crippen LogP contribution is 2.20. The summed E-state index contributed by atoms with van der Waals surface area (Å²) in [6.07, 6.45) is 3.46. The fourth-order valence-corrected chi connectivity index (χ4v) is 2.29. The largest absolute Gasteiger partial charge is 0.507 e. The van der Waals surface area contributed by atoms with Crippen molar-refractivity contribution in [1.82, 2.24) is 9.38 Å². The van der Waals surface area contributed by atoms with Crippen molar-refractivity contribution in [3.63, 3.8) is 0 Å². The molecule has 22 heavy (non-hydrogen) atoms. The summed E-state index contributed by atoms with van der Waals surface area (Å²) in [5.41, 5.74) is 2.33. The summed E-state index contributed by atoms with van der Waals surface area (Å²) in [4.78, 5) is 16.3. The van der Waals surface area contributed by atoms with Crippen LogP contribution in [0, 0.1) is 6.92 Å². The topological polar surface area (TPSA) is 63.8 Å². The third-order valence-corrected chi connectivity index (χ3v) is 3.41. The molecule has 5 nitrogen and oxygen atoms in total. The van der Waals surface area contributed by atoms with Crippen LogP contribution in [0.1, 0.15) is 21.6 Å². The fourth-order valence-electron chi connectivity index (χ4n) is 2.12. The highest BCUT2D eigenvalue weighted by atomic mass is 35.5. The number of phenolic OH excluding ortho intramolecular Hbond substituents is 1. The molecule has 6 heteroatoms. The lowest BCUT2D eigenvalue weighted by Gasteiger charge is -2.05. The monoisotopic (exact) mass is 316 g/mol. The first kappa shape index (κ1) is 14.4. The molecular formula is C16H13ClN2O3. The lowest BCUT2D eigenvalue weighted by molar-refractivity contribution is 0.0465. The van der Waals surface area contributed by atoms with Gasteiger partial charge in [0.2, 0.25) is 0 Å². The number of esters is 1. The standard InChI is InChI=1S/C16H13ClN2O3/c1-10-2-4-14(20)13(6-10)16(21)22-9-12-8-19-7-11(17)3-5-15(19)18-12/h2-8,20H,9H2,1H3. The molecule has 0 amide bonds. The zero-order valence-electron chi connectivity index (χ0n) is 11.8. The van der Waals surface area contributed by atoms with E-state index < -0.39 is 5.97 Å². The Morgan fingerprint density at radius 1 is 1.32 bits per heavy atom. The Kier molecular flexibility index (Phi) is 3.73. The fraction of sp³-hybridized carbons (Fsp3) is 0.125. The Labute approximate surface area is 131 Å². The molecule has 3 rings (SSSR count). The van der Waals surface area contributed by atoms with Gasteiger partial charge in [-0.25, -0.2) is 9.78 Å². The van der Waals surface area contributed by atoms with Crippen LogP contribution >= 0.6 is 11.6 Å². The molecule has 0 radical (unpaired) electrons. The molecule has 0 spiro atoms. The van der Waals surface area contributed by atoms with E-state index in [-0.39, 0.29) is 17.9 Å². The van der Waals surface area contributed by atoms with Gasteiger partial charge in [0.05, 0.1) is 10.7 Å². The normalized spacial score (nSPS) is 10.8. The second-order valence-electron chi connectivity index (χ2n) is 4.94. The van der Waals surface area contributed by atoms with Gasteiger partial charge in [0.1, 0.15) is 23.6 Å². The Bertz CT molecular complexity index is 858. The van der Waals surface area contributed by atoms with E-state index in [1.54, 1.807) is 41.1 Å². The zero-order valence-corrected chi connectivity index (χ0v) is 12.5. The number of aromatic nitrogens is 2. The number of phenols is 1. The van der Waals surface area contributed by atoms with Crippen molar-refractivity contribution in [2.75, 3.05) is 0 Å². The minimum Gasteiger partial charge on any atom is -0.507 e. The van der Waals surface area contributed by atoms with E-state index in [2.05, 4.69) is 4.98 Å². The summed E-state index contributed by atoms with van der Waals surface area (Å²) < 4.78 is 6.96. The molecule has 0 fully saturated rings. The van der Waals surface area contributed by atoms with Gasteiger partial charge in [-0.1, -0.05) is 23.2 Å². The molecular weight excluding hydrogens is 304 g/mol. The van der Waals surface area contributed by atoms with Crippen molar-refractivity contribution >= 4 is 23.2 Å². The number of imidazole rings is 1. The molecule has 0 aliphatic carbocycles. The maximum absolute atomic E-state index is 12.0. The van der Waals surface area contributed by atoms with E-state index in [1.165, 1.54) is 6.07 Å². The molecule has 2 aromatic heterocycles. The third-order valence-electron chi connectivity index (χ3n) is 3.19. The van der Waals surface area contributed by atoms with Gasteiger partial charge < -0.3 is 14.2 Å². The quantitative estimate of drug-likeness (QED) is 0.753. The summed E-state index contributed by atoms with van der Waals surface area (Å²) in [5.74, 6) is -0.686. The van der Waals surface area contributed by atoms with E-state index in [1.807, 2.05) is 6.92 Å². The van der Waals surface area contributed by atoms with Crippen LogP contribution in [0.4, 0.5) is 0 Å². The van der Waals surface area contributed by atoms with E-state index in [4.69, 9.17) is 16.3 Å². The van der Waals surface area contributed by atoms with Gasteiger partial charge in [-0.3, -0.25) is 0 Å². The van der Waals surface area contributed by atoms with Crippen LogP contribution in [0.25, 0.3) is 5.65 Å². The zero-order chi connectivity index (χ0) is 15.7. The lowest BCUT2D eigenvalue weighted by atomic mass is 10.1. The first-order chi connectivity index (χ1) is 10.5. The number of ether oxygens (including phenoxy) is 1. The lowest BCUT2D eigenvalue weighted by Crippen LogP contribution is -2.06. The van der Waals surface area contributed by atoms with E-state index in [9.17, 15) is 9.90 Å². The van der Waals surface area contributed by atoms with Crippen molar-refractivity contribution in [2.24, 2.45) is 0 Å². The Morgan fingerprint density at radius 2 is 2.14 bits per heavy atom. The predicted octanol–water partition coefficient (Wildman–Crippen LogP) is 3.36. The first-order valence-corrected chi connectivity index (χ1v) is 7.00. The van der Waals surface area contributed by atoms with E-state index in [0.29, 0.717) is 16.4 Å². The first-order valence-electron chi connectivity index (χ1n) is 6.63. The van der Waals surface area contributed by atoms with Gasteiger partial charge >= 0.3 is 5.97 Å². The Morgan fingerprint density at radius 3 is 2.95 bits per heavy atom. The van der Waals surface area contributed by atoms with Gasteiger partial charge in [0.25, 0.3) is 0 Å². The summed E-state index contributed by atoms with van der Waals surface area (Å²) in [7, 11) is 0. The smallest absolute Gasteiger partial charge is 0.342 e. The van der Waals surface area contributed by atoms with Crippen LogP contribution in [0.2, 0.25) is 5.02 Å². The number of rotatable bonds is 3. The summed E-state index contributed by atoms with van der Waals surface area (Å²) in [6.45, 7) is 1.85. The van der Waals surface area contributed by atoms with Crippen molar-refractivity contribution in [2.45, 2.75) is 13.5 Å². The van der Waals surface area contributed by atoms with Gasteiger partial charge in [0.15, 0.2) is 0 Å². The number of pyridine rings is 1. The van der Waals surface area contributed by atoms with E-state index >= 15 is 0 Å². The number of carbonyl (C=O) groups is 1. The molecule has 112 valence electrons. The number of hydrogen-bond acceptors (Lipinski definition) is 4. The number of aryl methyl sites for hydroxylation is 1. The third kappa shape index (κ3) is 2.89. The minimum atomic E-state index is -0.587. The second-order valence-corrected chi connectivity index (χ2v) is 5.38. The predicted molar refractivity (Wildman–Crippen MR) is 82.2 cm³/mol. The highest BCUT2D eigenvalue weighted by Gasteiger charge is 2.13. The molecule has 3 aromatic rings. The van der Waals surface area contributed by atoms with Crippen LogP contribution in [-0.2, 0) is 11.3 Å². The SMILES string of the molecule is Cc1ccc(O)c(C(=O)OCc2cn3cc(Cl)ccc3n2)c1. The van der Waals surface area contributed by atoms with Gasteiger partial charge in [-0.05, 0) is 31.2 Å². The molecule has 0 atom stereocenters. The van der Waals surface area contributed by atoms with Crippen LogP contribution in [0.15, 0.2) is 42.7 Å². The number of fused-ring (bicyclic) bond motifs is 1. The maximum atomic E-state index is 12.0. The molecule has 2 heterocycles. The van der Waals surface area contributed by atoms with Crippen LogP contribution in [0.3, 0.4) is 0 Å². The maximum Gasteiger partial charge on any atom is 0.342 e. The number of hydrogen-bond donors (Lipinski definition) is 1. The summed E-state index contributed by atoms with van der Waals surface area (Å²) in [6, 6.07) is 8.29. The number of benzene rings is 1. The van der Waals surface area contributed by atoms with Crippen molar-refractivity contribution in [3.05, 3.63) is 64.6 Å². The van der Waals surface area contributed by atoms with E-state index in [0.717, 1.165) is 5.56 Å². The molecule has 0 unspecified atom stereocenters. The van der Waals surface area contributed by atoms with Gasteiger partial charge in [0, 0.05) is 12.4 Å². The summed E-state index contributed by atoms with van der Waals surface area (Å²) in [5, 5.41) is 10.3.